The number of amides is 2. The number of carbonyl (C=O) groups is 2. The molecule has 6 nitrogen and oxygen atoms in total. The molecular formula is C26H24N2O4S. The summed E-state index contributed by atoms with van der Waals surface area (Å²) in [5.41, 5.74) is 5.45. The predicted molar refractivity (Wildman–Crippen MR) is 129 cm³/mol. The second-order valence-electron chi connectivity index (χ2n) is 7.40. The summed E-state index contributed by atoms with van der Waals surface area (Å²) in [5.74, 6) is 0.965. The van der Waals surface area contributed by atoms with Gasteiger partial charge in [-0.05, 0) is 47.0 Å². The molecule has 0 radical (unpaired) electrons. The van der Waals surface area contributed by atoms with Gasteiger partial charge in [0, 0.05) is 0 Å². The maximum Gasteiger partial charge on any atom is 0.280 e. The molecule has 1 heterocycles. The molecule has 168 valence electrons. The maximum absolute atomic E-state index is 13.3. The molecule has 1 unspecified atom stereocenters. The monoisotopic (exact) mass is 460 g/mol. The van der Waals surface area contributed by atoms with Crippen molar-refractivity contribution < 1.29 is 19.1 Å². The van der Waals surface area contributed by atoms with E-state index in [0.29, 0.717) is 4.91 Å². The number of thioether (sulfide) groups is 1. The number of carbonyl (C=O) groups excluding carboxylic acids is 2. The largest absolute Gasteiger partial charge is 0.497 e. The summed E-state index contributed by atoms with van der Waals surface area (Å²) in [4.78, 5) is 26.6. The zero-order chi connectivity index (χ0) is 23.2. The minimum atomic E-state index is -0.396. The third-order valence-corrected chi connectivity index (χ3v) is 6.42. The number of benzene rings is 3. The normalized spacial score (nSPS) is 16.7. The van der Waals surface area contributed by atoms with Crippen LogP contribution in [0, 0.1) is 0 Å². The van der Waals surface area contributed by atoms with E-state index in [-0.39, 0.29) is 18.2 Å². The first kappa shape index (κ1) is 22.5. The Morgan fingerprint density at radius 2 is 1.55 bits per heavy atom. The van der Waals surface area contributed by atoms with Crippen molar-refractivity contribution in [2.45, 2.75) is 11.8 Å². The van der Waals surface area contributed by atoms with Crippen LogP contribution in [0.4, 0.5) is 0 Å². The van der Waals surface area contributed by atoms with Crippen LogP contribution in [0.3, 0.4) is 0 Å². The fourth-order valence-corrected chi connectivity index (χ4v) is 4.64. The van der Waals surface area contributed by atoms with Gasteiger partial charge in [-0.1, -0.05) is 66.4 Å². The van der Waals surface area contributed by atoms with Gasteiger partial charge in [0.05, 0.1) is 25.5 Å². The van der Waals surface area contributed by atoms with Crippen LogP contribution in [-0.2, 0) is 16.0 Å². The summed E-state index contributed by atoms with van der Waals surface area (Å²) in [6, 6.07) is 24.4. The number of hydrogen-bond acceptors (Lipinski definition) is 5. The summed E-state index contributed by atoms with van der Waals surface area (Å²) in [7, 11) is 3.22. The van der Waals surface area contributed by atoms with E-state index in [9.17, 15) is 9.59 Å². The van der Waals surface area contributed by atoms with Gasteiger partial charge in [-0.2, -0.15) is 0 Å². The van der Waals surface area contributed by atoms with Crippen molar-refractivity contribution in [1.82, 2.24) is 10.4 Å². The van der Waals surface area contributed by atoms with Gasteiger partial charge in [-0.25, -0.2) is 5.01 Å². The molecule has 3 aromatic rings. The molecule has 2 amide bonds. The van der Waals surface area contributed by atoms with Crippen LogP contribution in [0.25, 0.3) is 6.08 Å². The highest BCUT2D eigenvalue weighted by Gasteiger charge is 2.38. The van der Waals surface area contributed by atoms with E-state index in [1.807, 2.05) is 84.9 Å². The number of nitrogens with one attached hydrogen (secondary N) is 1. The molecule has 3 aromatic carbocycles. The molecule has 1 fully saturated rings. The van der Waals surface area contributed by atoms with Crippen LogP contribution in [0.5, 0.6) is 11.5 Å². The van der Waals surface area contributed by atoms with Crippen molar-refractivity contribution in [3.63, 3.8) is 0 Å². The smallest absolute Gasteiger partial charge is 0.280 e. The van der Waals surface area contributed by atoms with Crippen molar-refractivity contribution >= 4 is 29.7 Å². The Bertz CT molecular complexity index is 1150. The topological polar surface area (TPSA) is 67.9 Å². The number of nitrogens with zero attached hydrogens (tertiary/aromatic N) is 1. The quantitative estimate of drug-likeness (QED) is 0.522. The number of hydrogen-bond donors (Lipinski definition) is 1. The van der Waals surface area contributed by atoms with Crippen molar-refractivity contribution in [3.8, 4) is 11.5 Å². The van der Waals surface area contributed by atoms with Gasteiger partial charge in [0.1, 0.15) is 16.9 Å². The number of hydrazine groups is 1. The van der Waals surface area contributed by atoms with E-state index in [1.54, 1.807) is 14.2 Å². The fourth-order valence-electron chi connectivity index (χ4n) is 3.45. The van der Waals surface area contributed by atoms with E-state index in [1.165, 1.54) is 16.8 Å². The van der Waals surface area contributed by atoms with Crippen LogP contribution in [-0.4, -0.2) is 31.0 Å². The molecule has 0 aromatic heterocycles. The molecule has 7 heteroatoms. The van der Waals surface area contributed by atoms with Gasteiger partial charge >= 0.3 is 0 Å². The highest BCUT2D eigenvalue weighted by Crippen LogP contribution is 2.45. The van der Waals surface area contributed by atoms with Crippen LogP contribution < -0.4 is 14.9 Å². The number of ether oxygens (including phenoxy) is 2. The van der Waals surface area contributed by atoms with E-state index in [0.717, 1.165) is 28.2 Å². The molecular weight excluding hydrogens is 436 g/mol. The van der Waals surface area contributed by atoms with Gasteiger partial charge in [0.2, 0.25) is 5.91 Å². The Labute approximate surface area is 197 Å². The van der Waals surface area contributed by atoms with Crippen LogP contribution in [0.2, 0.25) is 0 Å². The maximum atomic E-state index is 13.3. The first-order valence-electron chi connectivity index (χ1n) is 10.4. The third kappa shape index (κ3) is 5.38. The molecule has 1 aliphatic heterocycles. The van der Waals surface area contributed by atoms with Gasteiger partial charge in [0.15, 0.2) is 0 Å². The summed E-state index contributed by atoms with van der Waals surface area (Å²) >= 11 is 1.40. The molecule has 1 saturated heterocycles. The molecule has 0 bridgehead atoms. The number of methoxy groups -OCH3 is 2. The van der Waals surface area contributed by atoms with Crippen molar-refractivity contribution in [1.29, 1.82) is 0 Å². The molecule has 1 atom stereocenters. The highest BCUT2D eigenvalue weighted by molar-refractivity contribution is 8.04. The summed E-state index contributed by atoms with van der Waals surface area (Å²) < 4.78 is 10.5. The standard InChI is InChI=1S/C26H24N2O4S/c1-31-21-12-8-19(9-13-21)16-23-25(30)28(27-24(29)17-18-6-4-3-5-7-18)26(33-23)20-10-14-22(32-2)15-11-20/h3-16,26H,17H2,1-2H3,(H,27,29)/b23-16+. The number of rotatable bonds is 7. The van der Waals surface area contributed by atoms with Crippen molar-refractivity contribution in [2.24, 2.45) is 0 Å². The van der Waals surface area contributed by atoms with Gasteiger partial charge in [-0.15, -0.1) is 0 Å². The molecule has 33 heavy (non-hydrogen) atoms. The first-order valence-corrected chi connectivity index (χ1v) is 11.3. The SMILES string of the molecule is COc1ccc(/C=C2/SC(c3ccc(OC)cc3)N(NC(=O)Cc3ccccc3)C2=O)cc1. The average molecular weight is 461 g/mol. The second kappa shape index (κ2) is 10.3. The molecule has 0 aliphatic carbocycles. The third-order valence-electron chi connectivity index (χ3n) is 5.17. The minimum absolute atomic E-state index is 0.183. The second-order valence-corrected chi connectivity index (χ2v) is 8.52. The Kier molecular flexibility index (Phi) is 7.00. The van der Waals surface area contributed by atoms with Crippen LogP contribution in [0.15, 0.2) is 83.8 Å². The molecule has 1 aliphatic rings. The minimum Gasteiger partial charge on any atom is -0.497 e. The first-order chi connectivity index (χ1) is 16.1. The van der Waals surface area contributed by atoms with E-state index >= 15 is 0 Å². The van der Waals surface area contributed by atoms with Crippen molar-refractivity contribution in [3.05, 3.63) is 100 Å². The Morgan fingerprint density at radius 3 is 2.15 bits per heavy atom. The summed E-state index contributed by atoms with van der Waals surface area (Å²) in [6.07, 6.45) is 2.01. The molecule has 0 saturated carbocycles. The molecule has 4 rings (SSSR count). The lowest BCUT2D eigenvalue weighted by Crippen LogP contribution is -2.44. The van der Waals surface area contributed by atoms with Gasteiger partial charge in [-0.3, -0.25) is 15.0 Å². The van der Waals surface area contributed by atoms with Gasteiger partial charge in [0.25, 0.3) is 5.91 Å². The predicted octanol–water partition coefficient (Wildman–Crippen LogP) is 4.59. The van der Waals surface area contributed by atoms with E-state index < -0.39 is 5.37 Å². The van der Waals surface area contributed by atoms with Crippen molar-refractivity contribution in [2.75, 3.05) is 14.2 Å². The molecule has 0 spiro atoms. The lowest BCUT2D eigenvalue weighted by atomic mass is 10.1. The zero-order valence-electron chi connectivity index (χ0n) is 18.4. The molecule has 1 N–H and O–H groups in total. The average Bonchev–Trinajstić information content (AvgIpc) is 3.15. The van der Waals surface area contributed by atoms with Gasteiger partial charge < -0.3 is 9.47 Å². The van der Waals surface area contributed by atoms with E-state index in [2.05, 4.69) is 5.43 Å². The highest BCUT2D eigenvalue weighted by atomic mass is 32.2. The lowest BCUT2D eigenvalue weighted by molar-refractivity contribution is -0.137. The van der Waals surface area contributed by atoms with Crippen LogP contribution >= 0.6 is 11.8 Å². The lowest BCUT2D eigenvalue weighted by Gasteiger charge is -2.24. The Morgan fingerprint density at radius 1 is 0.939 bits per heavy atom. The Balaban J connectivity index is 1.60. The fraction of sp³-hybridized carbons (Fsp3) is 0.154. The summed E-state index contributed by atoms with van der Waals surface area (Å²) in [6.45, 7) is 0. The van der Waals surface area contributed by atoms with E-state index in [4.69, 9.17) is 9.47 Å². The summed E-state index contributed by atoms with van der Waals surface area (Å²) in [5, 5.41) is 1.01. The zero-order valence-corrected chi connectivity index (χ0v) is 19.2. The Hall–Kier alpha value is -3.71. The van der Waals surface area contributed by atoms with Crippen LogP contribution in [0.1, 0.15) is 22.1 Å².